The van der Waals surface area contributed by atoms with E-state index in [1.807, 2.05) is 0 Å². The van der Waals surface area contributed by atoms with E-state index in [1.165, 1.54) is 0 Å². The van der Waals surface area contributed by atoms with Crippen molar-refractivity contribution in [2.45, 2.75) is 13.3 Å². The average Bonchev–Trinajstić information content (AvgIpc) is 2.72. The van der Waals surface area contributed by atoms with Gasteiger partial charge in [0.15, 0.2) is 5.13 Å². The molecule has 0 aliphatic heterocycles. The molecule has 1 aromatic heterocycles. The molecule has 86 valence electrons. The summed E-state index contributed by atoms with van der Waals surface area (Å²) in [6.45, 7) is 4.49. The van der Waals surface area contributed by atoms with Crippen molar-refractivity contribution < 1.29 is 4.74 Å². The SMILES string of the molecule is CCc1csc(N(CCCl)CCOC)n1. The van der Waals surface area contributed by atoms with E-state index in [0.717, 1.165) is 30.3 Å². The maximum absolute atomic E-state index is 5.76. The van der Waals surface area contributed by atoms with Crippen LogP contribution in [-0.2, 0) is 11.2 Å². The van der Waals surface area contributed by atoms with Crippen LogP contribution in [0.25, 0.3) is 0 Å². The van der Waals surface area contributed by atoms with E-state index in [-0.39, 0.29) is 0 Å². The predicted molar refractivity (Wildman–Crippen MR) is 66.3 cm³/mol. The molecule has 0 saturated carbocycles. The van der Waals surface area contributed by atoms with Crippen LogP contribution >= 0.6 is 22.9 Å². The summed E-state index contributed by atoms with van der Waals surface area (Å²) in [6.07, 6.45) is 0.982. The number of hydrogen-bond donors (Lipinski definition) is 0. The van der Waals surface area contributed by atoms with Crippen LogP contribution in [0.5, 0.6) is 0 Å². The molecule has 15 heavy (non-hydrogen) atoms. The molecular formula is C10H17ClN2OS. The Balaban J connectivity index is 2.60. The second-order valence-electron chi connectivity index (χ2n) is 3.14. The number of ether oxygens (including phenoxy) is 1. The van der Waals surface area contributed by atoms with Gasteiger partial charge in [-0.05, 0) is 6.42 Å². The lowest BCUT2D eigenvalue weighted by Crippen LogP contribution is -2.29. The van der Waals surface area contributed by atoms with Gasteiger partial charge in [0.1, 0.15) is 0 Å². The molecule has 0 aliphatic rings. The van der Waals surface area contributed by atoms with Crippen LogP contribution in [-0.4, -0.2) is 37.7 Å². The first kappa shape index (κ1) is 12.7. The molecule has 5 heteroatoms. The molecule has 0 saturated heterocycles. The van der Waals surface area contributed by atoms with Crippen molar-refractivity contribution in [2.24, 2.45) is 0 Å². The van der Waals surface area contributed by atoms with Gasteiger partial charge in [-0.25, -0.2) is 4.98 Å². The molecule has 0 aliphatic carbocycles. The zero-order valence-corrected chi connectivity index (χ0v) is 10.8. The minimum Gasteiger partial charge on any atom is -0.383 e. The smallest absolute Gasteiger partial charge is 0.185 e. The zero-order chi connectivity index (χ0) is 11.1. The van der Waals surface area contributed by atoms with Gasteiger partial charge in [-0.15, -0.1) is 22.9 Å². The predicted octanol–water partition coefficient (Wildman–Crippen LogP) is 2.40. The number of nitrogens with zero attached hydrogens (tertiary/aromatic N) is 2. The molecule has 0 amide bonds. The number of methoxy groups -OCH3 is 1. The Bertz CT molecular complexity index is 280. The fourth-order valence-electron chi connectivity index (χ4n) is 1.21. The summed E-state index contributed by atoms with van der Waals surface area (Å²) in [5.74, 6) is 0.616. The number of hydrogen-bond acceptors (Lipinski definition) is 4. The molecule has 1 rings (SSSR count). The van der Waals surface area contributed by atoms with E-state index in [0.29, 0.717) is 12.5 Å². The van der Waals surface area contributed by atoms with Gasteiger partial charge >= 0.3 is 0 Å². The minimum atomic E-state index is 0.616. The van der Waals surface area contributed by atoms with E-state index >= 15 is 0 Å². The van der Waals surface area contributed by atoms with Crippen LogP contribution in [0.3, 0.4) is 0 Å². The summed E-state index contributed by atoms with van der Waals surface area (Å²) in [4.78, 5) is 6.70. The number of thiazole rings is 1. The minimum absolute atomic E-state index is 0.616. The number of alkyl halides is 1. The van der Waals surface area contributed by atoms with Crippen LogP contribution in [0.4, 0.5) is 5.13 Å². The molecule has 0 aromatic carbocycles. The van der Waals surface area contributed by atoms with Crippen molar-refractivity contribution >= 4 is 28.1 Å². The number of halogens is 1. The summed E-state index contributed by atoms with van der Waals surface area (Å²) in [5, 5.41) is 3.15. The van der Waals surface area contributed by atoms with E-state index in [1.54, 1.807) is 18.4 Å². The molecule has 1 heterocycles. The van der Waals surface area contributed by atoms with Gasteiger partial charge in [0.2, 0.25) is 0 Å². The van der Waals surface area contributed by atoms with Gasteiger partial charge in [0, 0.05) is 31.5 Å². The fraction of sp³-hybridized carbons (Fsp3) is 0.700. The van der Waals surface area contributed by atoms with Crippen molar-refractivity contribution in [3.05, 3.63) is 11.1 Å². The first-order valence-corrected chi connectivity index (χ1v) is 6.47. The molecule has 0 N–H and O–H groups in total. The maximum Gasteiger partial charge on any atom is 0.185 e. The lowest BCUT2D eigenvalue weighted by atomic mass is 10.4. The van der Waals surface area contributed by atoms with Gasteiger partial charge in [-0.3, -0.25) is 0 Å². The highest BCUT2D eigenvalue weighted by Crippen LogP contribution is 2.20. The molecule has 0 unspecified atom stereocenters. The van der Waals surface area contributed by atoms with E-state index in [4.69, 9.17) is 16.3 Å². The first-order valence-electron chi connectivity index (χ1n) is 5.06. The molecule has 3 nitrogen and oxygen atoms in total. The highest BCUT2D eigenvalue weighted by atomic mass is 35.5. The summed E-state index contributed by atoms with van der Waals surface area (Å²) in [5.41, 5.74) is 1.15. The number of anilines is 1. The Morgan fingerprint density at radius 1 is 1.53 bits per heavy atom. The number of aromatic nitrogens is 1. The highest BCUT2D eigenvalue weighted by Gasteiger charge is 2.09. The largest absolute Gasteiger partial charge is 0.383 e. The summed E-state index contributed by atoms with van der Waals surface area (Å²) in [7, 11) is 1.71. The lowest BCUT2D eigenvalue weighted by molar-refractivity contribution is 0.205. The van der Waals surface area contributed by atoms with Crippen LogP contribution in [0.15, 0.2) is 5.38 Å². The Morgan fingerprint density at radius 2 is 2.33 bits per heavy atom. The third-order valence-electron chi connectivity index (χ3n) is 2.09. The van der Waals surface area contributed by atoms with Crippen molar-refractivity contribution in [3.63, 3.8) is 0 Å². The normalized spacial score (nSPS) is 10.6. The Labute approximate surface area is 100 Å². The third-order valence-corrected chi connectivity index (χ3v) is 3.21. The maximum atomic E-state index is 5.76. The highest BCUT2D eigenvalue weighted by molar-refractivity contribution is 7.13. The van der Waals surface area contributed by atoms with Crippen molar-refractivity contribution in [3.8, 4) is 0 Å². The van der Waals surface area contributed by atoms with E-state index in [9.17, 15) is 0 Å². The number of aryl methyl sites for hydroxylation is 1. The topological polar surface area (TPSA) is 25.4 Å². The quantitative estimate of drug-likeness (QED) is 0.693. The second-order valence-corrected chi connectivity index (χ2v) is 4.36. The third kappa shape index (κ3) is 3.97. The van der Waals surface area contributed by atoms with Crippen molar-refractivity contribution in [1.29, 1.82) is 0 Å². The fourth-order valence-corrected chi connectivity index (χ4v) is 2.38. The van der Waals surface area contributed by atoms with Crippen LogP contribution < -0.4 is 4.90 Å². The monoisotopic (exact) mass is 248 g/mol. The van der Waals surface area contributed by atoms with E-state index in [2.05, 4.69) is 22.2 Å². The van der Waals surface area contributed by atoms with E-state index < -0.39 is 0 Å². The van der Waals surface area contributed by atoms with Gasteiger partial charge in [0.05, 0.1) is 12.3 Å². The van der Waals surface area contributed by atoms with Gasteiger partial charge < -0.3 is 9.64 Å². The summed E-state index contributed by atoms with van der Waals surface area (Å²) < 4.78 is 5.07. The van der Waals surface area contributed by atoms with Gasteiger partial charge in [-0.1, -0.05) is 6.92 Å². The molecule has 0 fully saturated rings. The molecule has 0 atom stereocenters. The Morgan fingerprint density at radius 3 is 2.87 bits per heavy atom. The molecule has 1 aromatic rings. The molecule has 0 radical (unpaired) electrons. The van der Waals surface area contributed by atoms with Crippen molar-refractivity contribution in [2.75, 3.05) is 37.6 Å². The van der Waals surface area contributed by atoms with Gasteiger partial charge in [0.25, 0.3) is 0 Å². The summed E-state index contributed by atoms with van der Waals surface area (Å²) in [6, 6.07) is 0. The molecule has 0 spiro atoms. The molecule has 0 bridgehead atoms. The van der Waals surface area contributed by atoms with Crippen molar-refractivity contribution in [1.82, 2.24) is 4.98 Å². The lowest BCUT2D eigenvalue weighted by Gasteiger charge is -2.19. The standard InChI is InChI=1S/C10H17ClN2OS/c1-3-9-8-15-10(12-9)13(5-4-11)6-7-14-2/h8H,3-7H2,1-2H3. The second kappa shape index (κ2) is 7.04. The summed E-state index contributed by atoms with van der Waals surface area (Å²) >= 11 is 7.43. The number of rotatable bonds is 7. The van der Waals surface area contributed by atoms with Crippen LogP contribution in [0.1, 0.15) is 12.6 Å². The Hall–Kier alpha value is -0.320. The van der Waals surface area contributed by atoms with Gasteiger partial charge in [-0.2, -0.15) is 0 Å². The Kier molecular flexibility index (Phi) is 5.98. The molecular weight excluding hydrogens is 232 g/mol. The average molecular weight is 249 g/mol. The first-order chi connectivity index (χ1) is 7.31. The van der Waals surface area contributed by atoms with Crippen LogP contribution in [0.2, 0.25) is 0 Å². The zero-order valence-electron chi connectivity index (χ0n) is 9.20. The van der Waals surface area contributed by atoms with Crippen LogP contribution in [0, 0.1) is 0 Å².